The van der Waals surface area contributed by atoms with Gasteiger partial charge in [0, 0.05) is 19.5 Å². The number of amides is 2. The first-order valence-corrected chi connectivity index (χ1v) is 7.31. The Balaban J connectivity index is 1.83. The molecule has 1 saturated carbocycles. The predicted octanol–water partition coefficient (Wildman–Crippen LogP) is 0.455. The van der Waals surface area contributed by atoms with Crippen LogP contribution >= 0.6 is 0 Å². The molecule has 19 heavy (non-hydrogen) atoms. The molecule has 1 aliphatic heterocycles. The van der Waals surface area contributed by atoms with E-state index in [0.717, 1.165) is 38.8 Å². The number of hydrogen-bond acceptors (Lipinski definition) is 3. The molecule has 1 atom stereocenters. The van der Waals surface area contributed by atoms with Crippen molar-refractivity contribution >= 4 is 11.8 Å². The summed E-state index contributed by atoms with van der Waals surface area (Å²) in [6.07, 6.45) is 4.70. The highest BCUT2D eigenvalue weighted by molar-refractivity contribution is 5.90. The van der Waals surface area contributed by atoms with E-state index in [9.17, 15) is 9.59 Å². The molecule has 0 aromatic rings. The second-order valence-electron chi connectivity index (χ2n) is 5.97. The molecular formula is C14H25N3O2. The van der Waals surface area contributed by atoms with Gasteiger partial charge in [-0.05, 0) is 52.2 Å². The van der Waals surface area contributed by atoms with Gasteiger partial charge < -0.3 is 15.1 Å². The topological polar surface area (TPSA) is 52.6 Å². The maximum atomic E-state index is 12.4. The summed E-state index contributed by atoms with van der Waals surface area (Å²) in [4.78, 5) is 28.1. The molecule has 1 unspecified atom stereocenters. The van der Waals surface area contributed by atoms with E-state index in [4.69, 9.17) is 0 Å². The molecule has 1 heterocycles. The molecule has 0 bridgehead atoms. The summed E-state index contributed by atoms with van der Waals surface area (Å²) in [5, 5.41) is 2.89. The van der Waals surface area contributed by atoms with E-state index in [0.29, 0.717) is 18.9 Å². The Morgan fingerprint density at radius 2 is 2.00 bits per heavy atom. The van der Waals surface area contributed by atoms with E-state index < -0.39 is 0 Å². The van der Waals surface area contributed by atoms with Gasteiger partial charge in [0.05, 0.1) is 0 Å². The number of unbranched alkanes of at least 4 members (excludes halogenated alkanes) is 1. The number of nitrogens with zero attached hydrogens (tertiary/aromatic N) is 2. The molecule has 5 nitrogen and oxygen atoms in total. The molecule has 0 aromatic carbocycles. The molecule has 1 aliphatic carbocycles. The van der Waals surface area contributed by atoms with Crippen molar-refractivity contribution in [3.05, 3.63) is 0 Å². The van der Waals surface area contributed by atoms with Gasteiger partial charge in [-0.25, -0.2) is 0 Å². The van der Waals surface area contributed by atoms with Crippen molar-refractivity contribution in [2.45, 2.75) is 38.1 Å². The van der Waals surface area contributed by atoms with Crippen molar-refractivity contribution in [2.75, 3.05) is 33.7 Å². The van der Waals surface area contributed by atoms with Crippen molar-refractivity contribution in [1.82, 2.24) is 15.1 Å². The minimum atomic E-state index is -0.246. The van der Waals surface area contributed by atoms with Gasteiger partial charge in [0.25, 0.3) is 0 Å². The SMILES string of the molecule is CN(C)CCCCN1CCC(=O)NC(C2CC2)C1=O. The van der Waals surface area contributed by atoms with Crippen molar-refractivity contribution < 1.29 is 9.59 Å². The van der Waals surface area contributed by atoms with Gasteiger partial charge in [0.1, 0.15) is 6.04 Å². The number of nitrogens with one attached hydrogen (secondary N) is 1. The van der Waals surface area contributed by atoms with Gasteiger partial charge in [0.2, 0.25) is 11.8 Å². The van der Waals surface area contributed by atoms with Crippen LogP contribution in [0.2, 0.25) is 0 Å². The highest BCUT2D eigenvalue weighted by atomic mass is 16.2. The third-order valence-electron chi connectivity index (χ3n) is 3.88. The van der Waals surface area contributed by atoms with Gasteiger partial charge in [0.15, 0.2) is 0 Å². The summed E-state index contributed by atoms with van der Waals surface area (Å²) < 4.78 is 0. The van der Waals surface area contributed by atoms with Gasteiger partial charge >= 0.3 is 0 Å². The summed E-state index contributed by atoms with van der Waals surface area (Å²) in [6, 6.07) is -0.246. The monoisotopic (exact) mass is 267 g/mol. The number of rotatable bonds is 6. The molecule has 5 heteroatoms. The van der Waals surface area contributed by atoms with Crippen LogP contribution < -0.4 is 5.32 Å². The van der Waals surface area contributed by atoms with Crippen molar-refractivity contribution in [3.63, 3.8) is 0 Å². The lowest BCUT2D eigenvalue weighted by Crippen LogP contribution is -2.46. The minimum Gasteiger partial charge on any atom is -0.344 e. The Morgan fingerprint density at radius 1 is 1.26 bits per heavy atom. The maximum absolute atomic E-state index is 12.4. The van der Waals surface area contributed by atoms with Crippen LogP contribution in [0.1, 0.15) is 32.1 Å². The van der Waals surface area contributed by atoms with Crippen LogP contribution in [0, 0.1) is 5.92 Å². The van der Waals surface area contributed by atoms with E-state index in [2.05, 4.69) is 24.3 Å². The Morgan fingerprint density at radius 3 is 2.63 bits per heavy atom. The summed E-state index contributed by atoms with van der Waals surface area (Å²) in [5.41, 5.74) is 0. The number of carbonyl (C=O) groups excluding carboxylic acids is 2. The Bertz CT molecular complexity index is 340. The molecule has 2 fully saturated rings. The zero-order chi connectivity index (χ0) is 13.8. The molecule has 2 amide bonds. The van der Waals surface area contributed by atoms with Crippen LogP contribution in [0.4, 0.5) is 0 Å². The average molecular weight is 267 g/mol. The van der Waals surface area contributed by atoms with E-state index in [1.807, 2.05) is 4.90 Å². The molecule has 0 radical (unpaired) electrons. The molecule has 1 N–H and O–H groups in total. The van der Waals surface area contributed by atoms with Gasteiger partial charge in [-0.3, -0.25) is 9.59 Å². The highest BCUT2D eigenvalue weighted by Gasteiger charge is 2.40. The number of carbonyl (C=O) groups is 2. The number of hydrogen-bond donors (Lipinski definition) is 1. The minimum absolute atomic E-state index is 0.0287. The largest absolute Gasteiger partial charge is 0.344 e. The first-order valence-electron chi connectivity index (χ1n) is 7.31. The van der Waals surface area contributed by atoms with E-state index in [1.54, 1.807) is 0 Å². The fourth-order valence-electron chi connectivity index (χ4n) is 2.55. The fraction of sp³-hybridized carbons (Fsp3) is 0.857. The summed E-state index contributed by atoms with van der Waals surface area (Å²) >= 11 is 0. The molecule has 0 aromatic heterocycles. The van der Waals surface area contributed by atoms with Crippen LogP contribution in [-0.2, 0) is 9.59 Å². The standard InChI is InChI=1S/C14H25N3O2/c1-16(2)8-3-4-9-17-10-7-12(18)15-13(14(17)19)11-5-6-11/h11,13H,3-10H2,1-2H3,(H,15,18). The lowest BCUT2D eigenvalue weighted by atomic mass is 10.1. The highest BCUT2D eigenvalue weighted by Crippen LogP contribution is 2.34. The fourth-order valence-corrected chi connectivity index (χ4v) is 2.55. The summed E-state index contributed by atoms with van der Waals surface area (Å²) in [7, 11) is 4.12. The Hall–Kier alpha value is -1.10. The molecular weight excluding hydrogens is 242 g/mol. The third-order valence-corrected chi connectivity index (χ3v) is 3.88. The lowest BCUT2D eigenvalue weighted by Gasteiger charge is -2.24. The van der Waals surface area contributed by atoms with Crippen LogP contribution in [0.25, 0.3) is 0 Å². The lowest BCUT2D eigenvalue weighted by molar-refractivity contribution is -0.134. The van der Waals surface area contributed by atoms with E-state index in [1.165, 1.54) is 0 Å². The normalized spacial score (nSPS) is 24.6. The van der Waals surface area contributed by atoms with Crippen molar-refractivity contribution in [1.29, 1.82) is 0 Å². The summed E-state index contributed by atoms with van der Waals surface area (Å²) in [6.45, 7) is 2.41. The van der Waals surface area contributed by atoms with Crippen LogP contribution in [0.5, 0.6) is 0 Å². The molecule has 0 spiro atoms. The van der Waals surface area contributed by atoms with Crippen molar-refractivity contribution in [2.24, 2.45) is 5.92 Å². The molecule has 1 saturated heterocycles. The predicted molar refractivity (Wildman–Crippen MR) is 73.6 cm³/mol. The molecule has 108 valence electrons. The van der Waals surface area contributed by atoms with Crippen LogP contribution in [0.15, 0.2) is 0 Å². The smallest absolute Gasteiger partial charge is 0.245 e. The summed E-state index contributed by atoms with van der Waals surface area (Å²) in [5.74, 6) is 0.554. The van der Waals surface area contributed by atoms with Crippen LogP contribution in [0.3, 0.4) is 0 Å². The van der Waals surface area contributed by atoms with Gasteiger partial charge in [-0.15, -0.1) is 0 Å². The van der Waals surface area contributed by atoms with Gasteiger partial charge in [-0.1, -0.05) is 0 Å². The quantitative estimate of drug-likeness (QED) is 0.711. The van der Waals surface area contributed by atoms with Crippen LogP contribution in [-0.4, -0.2) is 61.4 Å². The van der Waals surface area contributed by atoms with Crippen molar-refractivity contribution in [3.8, 4) is 0 Å². The second-order valence-corrected chi connectivity index (χ2v) is 5.97. The Kier molecular flexibility index (Phi) is 4.80. The first-order chi connectivity index (χ1) is 9.08. The van der Waals surface area contributed by atoms with E-state index in [-0.39, 0.29) is 17.9 Å². The average Bonchev–Trinajstić information content (AvgIpc) is 3.17. The van der Waals surface area contributed by atoms with E-state index >= 15 is 0 Å². The molecule has 2 rings (SSSR count). The zero-order valence-electron chi connectivity index (χ0n) is 12.0. The maximum Gasteiger partial charge on any atom is 0.245 e. The zero-order valence-corrected chi connectivity index (χ0v) is 12.0. The van der Waals surface area contributed by atoms with Gasteiger partial charge in [-0.2, -0.15) is 0 Å². The Labute approximate surface area is 115 Å². The first kappa shape index (κ1) is 14.3. The third kappa shape index (κ3) is 4.20. The molecule has 2 aliphatic rings. The second kappa shape index (κ2) is 6.37.